The fourth-order valence-corrected chi connectivity index (χ4v) is 3.61. The van der Waals surface area contributed by atoms with E-state index >= 15 is 0 Å². The molecule has 0 aromatic heterocycles. The summed E-state index contributed by atoms with van der Waals surface area (Å²) in [5.41, 5.74) is -0.0491. The molecular weight excluding hydrogens is 302 g/mol. The largest absolute Gasteiger partial charge is 0.373 e. The zero-order valence-corrected chi connectivity index (χ0v) is 16.3. The van der Waals surface area contributed by atoms with Crippen LogP contribution in [0.1, 0.15) is 33.6 Å². The number of piperazine rings is 1. The third kappa shape index (κ3) is 5.60. The van der Waals surface area contributed by atoms with E-state index in [0.29, 0.717) is 12.0 Å². The van der Waals surface area contributed by atoms with Gasteiger partial charge >= 0.3 is 0 Å². The molecular formula is C18H37N5O. The smallest absolute Gasteiger partial charge is 0.191 e. The first kappa shape index (κ1) is 19.5. The summed E-state index contributed by atoms with van der Waals surface area (Å²) in [7, 11) is 4.05. The number of rotatable bonds is 6. The van der Waals surface area contributed by atoms with Crippen LogP contribution in [0.3, 0.4) is 0 Å². The van der Waals surface area contributed by atoms with Crippen molar-refractivity contribution >= 4 is 5.96 Å². The maximum atomic E-state index is 5.85. The molecule has 0 saturated carbocycles. The lowest BCUT2D eigenvalue weighted by atomic mass is 10.0. The van der Waals surface area contributed by atoms with Crippen molar-refractivity contribution in [1.29, 1.82) is 0 Å². The maximum absolute atomic E-state index is 5.85. The average Bonchev–Trinajstić information content (AvgIpc) is 2.99. The van der Waals surface area contributed by atoms with E-state index in [-0.39, 0.29) is 5.60 Å². The number of likely N-dealkylation sites (N-methyl/N-ethyl adjacent to an activating group) is 1. The standard InChI is InChI=1S/C18H37N5O/c1-15(2)16(23-10-8-22(5)9-11-23)13-20-17(19-4)21-14-18(3)7-6-12-24-18/h15-16H,6-14H2,1-5H3,(H2,19,20,21). The Bertz CT molecular complexity index is 398. The molecule has 2 saturated heterocycles. The van der Waals surface area contributed by atoms with Crippen LogP contribution in [0.5, 0.6) is 0 Å². The molecule has 0 bridgehead atoms. The van der Waals surface area contributed by atoms with Crippen LogP contribution < -0.4 is 10.6 Å². The fourth-order valence-electron chi connectivity index (χ4n) is 3.61. The molecule has 0 aromatic carbocycles. The van der Waals surface area contributed by atoms with Crippen LogP contribution in [-0.2, 0) is 4.74 Å². The Morgan fingerprint density at radius 1 is 1.21 bits per heavy atom. The number of hydrogen-bond donors (Lipinski definition) is 2. The topological polar surface area (TPSA) is 52.1 Å². The minimum Gasteiger partial charge on any atom is -0.373 e. The van der Waals surface area contributed by atoms with Gasteiger partial charge in [-0.3, -0.25) is 9.89 Å². The summed E-state index contributed by atoms with van der Waals surface area (Å²) in [4.78, 5) is 9.40. The molecule has 0 radical (unpaired) electrons. The number of aliphatic imine (C=N–C) groups is 1. The van der Waals surface area contributed by atoms with E-state index in [0.717, 1.165) is 64.7 Å². The molecule has 2 unspecified atom stereocenters. The SMILES string of the molecule is CN=C(NCC(C(C)C)N1CCN(C)CC1)NCC1(C)CCCO1. The summed E-state index contributed by atoms with van der Waals surface area (Å²) in [5.74, 6) is 1.50. The molecule has 2 atom stereocenters. The minimum absolute atomic E-state index is 0.0491. The van der Waals surface area contributed by atoms with Crippen LogP contribution in [0.25, 0.3) is 0 Å². The first-order valence-corrected chi connectivity index (χ1v) is 9.44. The molecule has 2 aliphatic rings. The molecule has 2 fully saturated rings. The quantitative estimate of drug-likeness (QED) is 0.558. The summed E-state index contributed by atoms with van der Waals surface area (Å²) < 4.78 is 5.85. The van der Waals surface area contributed by atoms with Crippen molar-refractivity contribution in [2.45, 2.75) is 45.3 Å². The van der Waals surface area contributed by atoms with Gasteiger partial charge < -0.3 is 20.3 Å². The van der Waals surface area contributed by atoms with Crippen LogP contribution in [-0.4, -0.2) is 87.4 Å². The van der Waals surface area contributed by atoms with E-state index in [1.165, 1.54) is 0 Å². The second kappa shape index (κ2) is 9.02. The Labute approximate surface area is 148 Å². The van der Waals surface area contributed by atoms with Crippen molar-refractivity contribution in [2.24, 2.45) is 10.9 Å². The van der Waals surface area contributed by atoms with Crippen molar-refractivity contribution in [1.82, 2.24) is 20.4 Å². The molecule has 2 aliphatic heterocycles. The van der Waals surface area contributed by atoms with Crippen LogP contribution in [0.2, 0.25) is 0 Å². The highest BCUT2D eigenvalue weighted by Crippen LogP contribution is 2.23. The van der Waals surface area contributed by atoms with E-state index in [9.17, 15) is 0 Å². The van der Waals surface area contributed by atoms with Crippen LogP contribution in [0, 0.1) is 5.92 Å². The van der Waals surface area contributed by atoms with Gasteiger partial charge in [-0.1, -0.05) is 13.8 Å². The van der Waals surface area contributed by atoms with Gasteiger partial charge in [-0.25, -0.2) is 0 Å². The summed E-state index contributed by atoms with van der Waals surface area (Å²) in [6, 6.07) is 0.538. The zero-order chi connectivity index (χ0) is 17.6. The molecule has 140 valence electrons. The minimum atomic E-state index is -0.0491. The highest BCUT2D eigenvalue weighted by atomic mass is 16.5. The molecule has 0 amide bonds. The molecule has 2 rings (SSSR count). The Kier molecular flexibility index (Phi) is 7.32. The normalized spacial score (nSPS) is 28.3. The van der Waals surface area contributed by atoms with Gasteiger partial charge in [0, 0.05) is 59.0 Å². The van der Waals surface area contributed by atoms with E-state index in [1.807, 2.05) is 7.05 Å². The van der Waals surface area contributed by atoms with Crippen molar-refractivity contribution < 1.29 is 4.74 Å². The number of nitrogens with zero attached hydrogens (tertiary/aromatic N) is 3. The Morgan fingerprint density at radius 3 is 2.46 bits per heavy atom. The lowest BCUT2D eigenvalue weighted by molar-refractivity contribution is 0.0242. The molecule has 0 spiro atoms. The fraction of sp³-hybridized carbons (Fsp3) is 0.944. The Morgan fingerprint density at radius 2 is 1.92 bits per heavy atom. The molecule has 2 N–H and O–H groups in total. The molecule has 6 nitrogen and oxygen atoms in total. The van der Waals surface area contributed by atoms with E-state index in [1.54, 1.807) is 0 Å². The number of nitrogens with one attached hydrogen (secondary N) is 2. The number of guanidine groups is 1. The van der Waals surface area contributed by atoms with E-state index in [2.05, 4.69) is 53.2 Å². The highest BCUT2D eigenvalue weighted by molar-refractivity contribution is 5.79. The van der Waals surface area contributed by atoms with Crippen molar-refractivity contribution in [2.75, 3.05) is 60.0 Å². The highest BCUT2D eigenvalue weighted by Gasteiger charge is 2.30. The molecule has 6 heteroatoms. The molecule has 2 heterocycles. The van der Waals surface area contributed by atoms with Crippen molar-refractivity contribution in [3.63, 3.8) is 0 Å². The van der Waals surface area contributed by atoms with Gasteiger partial charge in [-0.05, 0) is 32.7 Å². The van der Waals surface area contributed by atoms with Gasteiger partial charge in [0.2, 0.25) is 0 Å². The van der Waals surface area contributed by atoms with Crippen molar-refractivity contribution in [3.05, 3.63) is 0 Å². The van der Waals surface area contributed by atoms with E-state index in [4.69, 9.17) is 4.74 Å². The third-order valence-electron chi connectivity index (χ3n) is 5.41. The number of hydrogen-bond acceptors (Lipinski definition) is 4. The van der Waals surface area contributed by atoms with Crippen molar-refractivity contribution in [3.8, 4) is 0 Å². The predicted molar refractivity (Wildman–Crippen MR) is 101 cm³/mol. The van der Waals surface area contributed by atoms with Gasteiger partial charge in [0.25, 0.3) is 0 Å². The lowest BCUT2D eigenvalue weighted by Gasteiger charge is -2.40. The Hall–Kier alpha value is -0.850. The lowest BCUT2D eigenvalue weighted by Crippen LogP contribution is -2.55. The van der Waals surface area contributed by atoms with Gasteiger partial charge in [0.15, 0.2) is 5.96 Å². The van der Waals surface area contributed by atoms with E-state index < -0.39 is 0 Å². The average molecular weight is 340 g/mol. The third-order valence-corrected chi connectivity index (χ3v) is 5.41. The van der Waals surface area contributed by atoms with Crippen LogP contribution >= 0.6 is 0 Å². The van der Waals surface area contributed by atoms with Gasteiger partial charge in [-0.15, -0.1) is 0 Å². The van der Waals surface area contributed by atoms with Gasteiger partial charge in [0.05, 0.1) is 5.60 Å². The van der Waals surface area contributed by atoms with Crippen LogP contribution in [0.15, 0.2) is 4.99 Å². The maximum Gasteiger partial charge on any atom is 0.191 e. The summed E-state index contributed by atoms with van der Waals surface area (Å²) >= 11 is 0. The summed E-state index contributed by atoms with van der Waals surface area (Å²) in [5, 5.41) is 6.97. The number of ether oxygens (including phenoxy) is 1. The zero-order valence-electron chi connectivity index (χ0n) is 16.3. The van der Waals surface area contributed by atoms with Gasteiger partial charge in [-0.2, -0.15) is 0 Å². The first-order valence-electron chi connectivity index (χ1n) is 9.44. The summed E-state index contributed by atoms with van der Waals surface area (Å²) in [6.45, 7) is 14.1. The second-order valence-corrected chi connectivity index (χ2v) is 7.86. The predicted octanol–water partition coefficient (Wildman–Crippen LogP) is 0.993. The summed E-state index contributed by atoms with van der Waals surface area (Å²) in [6.07, 6.45) is 2.27. The monoisotopic (exact) mass is 339 g/mol. The van der Waals surface area contributed by atoms with Gasteiger partial charge in [0.1, 0.15) is 0 Å². The first-order chi connectivity index (χ1) is 11.4. The molecule has 0 aromatic rings. The van der Waals surface area contributed by atoms with Crippen LogP contribution in [0.4, 0.5) is 0 Å². The second-order valence-electron chi connectivity index (χ2n) is 7.86. The molecule has 0 aliphatic carbocycles. The Balaban J connectivity index is 1.80. The molecule has 24 heavy (non-hydrogen) atoms.